The van der Waals surface area contributed by atoms with Gasteiger partial charge in [-0.2, -0.15) is 0 Å². The van der Waals surface area contributed by atoms with Crippen LogP contribution in [0.2, 0.25) is 0 Å². The molecule has 6 nitrogen and oxygen atoms in total. The molecule has 2 heterocycles. The van der Waals surface area contributed by atoms with E-state index in [1.165, 1.54) is 6.07 Å². The first kappa shape index (κ1) is 17.8. The first-order chi connectivity index (χ1) is 12.8. The molecule has 0 unspecified atom stereocenters. The fourth-order valence-corrected chi connectivity index (χ4v) is 3.66. The summed E-state index contributed by atoms with van der Waals surface area (Å²) in [6, 6.07) is 3.46. The second kappa shape index (κ2) is 6.53. The third kappa shape index (κ3) is 3.14. The molecule has 0 spiro atoms. The molecule has 1 aromatic carbocycles. The van der Waals surface area contributed by atoms with Gasteiger partial charge >= 0.3 is 0 Å². The van der Waals surface area contributed by atoms with Crippen LogP contribution in [0.4, 0.5) is 14.7 Å². The van der Waals surface area contributed by atoms with Crippen molar-refractivity contribution in [3.63, 3.8) is 0 Å². The summed E-state index contributed by atoms with van der Waals surface area (Å²) >= 11 is 0. The Kier molecular flexibility index (Phi) is 4.30. The SMILES string of the molecule is Cc1nc2c(F)cc(-c3nc(NC4CC(N)C4)ncc3F)cc2n1C(C)C. The highest BCUT2D eigenvalue weighted by Gasteiger charge is 2.26. The summed E-state index contributed by atoms with van der Waals surface area (Å²) in [6.45, 7) is 5.82. The predicted octanol–water partition coefficient (Wildman–Crippen LogP) is 3.56. The van der Waals surface area contributed by atoms with Gasteiger partial charge < -0.3 is 15.6 Å². The van der Waals surface area contributed by atoms with Crippen molar-refractivity contribution in [3.8, 4) is 11.3 Å². The second-order valence-corrected chi connectivity index (χ2v) is 7.41. The standard InChI is InChI=1S/C19H22F2N6/c1-9(2)27-10(3)24-18-14(20)4-11(5-16(18)27)17-15(21)8-23-19(26-17)25-13-6-12(22)7-13/h4-5,8-9,12-13H,6-7,22H2,1-3H3,(H,23,25,26). The summed E-state index contributed by atoms with van der Waals surface area (Å²) in [5, 5.41) is 3.15. The second-order valence-electron chi connectivity index (χ2n) is 7.41. The van der Waals surface area contributed by atoms with Crippen LogP contribution in [0.5, 0.6) is 0 Å². The lowest BCUT2D eigenvalue weighted by Gasteiger charge is -2.32. The van der Waals surface area contributed by atoms with Crippen molar-refractivity contribution in [3.05, 3.63) is 35.8 Å². The number of halogens is 2. The Hall–Kier alpha value is -2.61. The Morgan fingerprint density at radius 1 is 1.19 bits per heavy atom. The molecular formula is C19H22F2N6. The van der Waals surface area contributed by atoms with Gasteiger partial charge in [0.15, 0.2) is 11.6 Å². The van der Waals surface area contributed by atoms with E-state index in [0.29, 0.717) is 22.9 Å². The van der Waals surface area contributed by atoms with Crippen LogP contribution in [0, 0.1) is 18.6 Å². The highest BCUT2D eigenvalue weighted by atomic mass is 19.1. The topological polar surface area (TPSA) is 81.7 Å². The summed E-state index contributed by atoms with van der Waals surface area (Å²) in [7, 11) is 0. The molecule has 3 aromatic rings. The summed E-state index contributed by atoms with van der Waals surface area (Å²) in [5.41, 5.74) is 7.10. The number of hydrogen-bond donors (Lipinski definition) is 2. The lowest BCUT2D eigenvalue weighted by Crippen LogP contribution is -2.44. The number of benzene rings is 1. The molecule has 0 bridgehead atoms. The van der Waals surface area contributed by atoms with Crippen LogP contribution in [0.3, 0.4) is 0 Å². The zero-order chi connectivity index (χ0) is 19.3. The first-order valence-corrected chi connectivity index (χ1v) is 9.06. The molecule has 1 aliphatic rings. The molecule has 8 heteroatoms. The van der Waals surface area contributed by atoms with E-state index in [1.54, 1.807) is 6.07 Å². The Morgan fingerprint density at radius 3 is 2.59 bits per heavy atom. The number of nitrogens with one attached hydrogen (secondary N) is 1. The Balaban J connectivity index is 1.78. The van der Waals surface area contributed by atoms with Gasteiger partial charge in [-0.1, -0.05) is 0 Å². The quantitative estimate of drug-likeness (QED) is 0.732. The maximum atomic E-state index is 14.7. The van der Waals surface area contributed by atoms with Gasteiger partial charge in [0.25, 0.3) is 0 Å². The smallest absolute Gasteiger partial charge is 0.223 e. The van der Waals surface area contributed by atoms with Crippen LogP contribution in [0.25, 0.3) is 22.3 Å². The van der Waals surface area contributed by atoms with Crippen molar-refractivity contribution in [2.24, 2.45) is 5.73 Å². The van der Waals surface area contributed by atoms with Gasteiger partial charge in [-0.15, -0.1) is 0 Å². The van der Waals surface area contributed by atoms with E-state index in [-0.39, 0.29) is 29.3 Å². The van der Waals surface area contributed by atoms with E-state index >= 15 is 0 Å². The van der Waals surface area contributed by atoms with Crippen LogP contribution in [-0.2, 0) is 0 Å². The predicted molar refractivity (Wildman–Crippen MR) is 100 cm³/mol. The van der Waals surface area contributed by atoms with E-state index in [2.05, 4.69) is 20.3 Å². The van der Waals surface area contributed by atoms with Crippen molar-refractivity contribution in [2.75, 3.05) is 5.32 Å². The molecular weight excluding hydrogens is 350 g/mol. The lowest BCUT2D eigenvalue weighted by molar-refractivity contribution is 0.372. The maximum Gasteiger partial charge on any atom is 0.223 e. The molecule has 2 aromatic heterocycles. The fraction of sp³-hybridized carbons (Fsp3) is 0.421. The number of nitrogens with zero attached hydrogens (tertiary/aromatic N) is 4. The van der Waals surface area contributed by atoms with Crippen molar-refractivity contribution in [1.29, 1.82) is 0 Å². The van der Waals surface area contributed by atoms with Gasteiger partial charge in [0.2, 0.25) is 5.95 Å². The van der Waals surface area contributed by atoms with Crippen LogP contribution < -0.4 is 11.1 Å². The van der Waals surface area contributed by atoms with E-state index in [4.69, 9.17) is 5.73 Å². The highest BCUT2D eigenvalue weighted by molar-refractivity contribution is 5.83. The van der Waals surface area contributed by atoms with Crippen LogP contribution in [0.15, 0.2) is 18.3 Å². The molecule has 0 aliphatic heterocycles. The van der Waals surface area contributed by atoms with E-state index in [9.17, 15) is 8.78 Å². The summed E-state index contributed by atoms with van der Waals surface area (Å²) < 4.78 is 31.0. The minimum Gasteiger partial charge on any atom is -0.351 e. The largest absolute Gasteiger partial charge is 0.351 e. The fourth-order valence-electron chi connectivity index (χ4n) is 3.66. The zero-order valence-corrected chi connectivity index (χ0v) is 15.5. The third-order valence-electron chi connectivity index (χ3n) is 4.97. The van der Waals surface area contributed by atoms with E-state index < -0.39 is 11.6 Å². The summed E-state index contributed by atoms with van der Waals surface area (Å²) in [5.74, 6) is -0.0697. The van der Waals surface area contributed by atoms with Crippen LogP contribution in [-0.4, -0.2) is 31.6 Å². The monoisotopic (exact) mass is 372 g/mol. The van der Waals surface area contributed by atoms with Crippen molar-refractivity contribution >= 4 is 17.0 Å². The van der Waals surface area contributed by atoms with E-state index in [0.717, 1.165) is 19.0 Å². The first-order valence-electron chi connectivity index (χ1n) is 9.06. The number of aromatic nitrogens is 4. The molecule has 0 amide bonds. The Labute approximate surface area is 155 Å². The molecule has 1 saturated carbocycles. The van der Waals surface area contributed by atoms with Crippen molar-refractivity contribution in [2.45, 2.75) is 51.7 Å². The Morgan fingerprint density at radius 2 is 1.93 bits per heavy atom. The Bertz CT molecular complexity index is 1010. The molecule has 0 saturated heterocycles. The molecule has 142 valence electrons. The lowest BCUT2D eigenvalue weighted by atomic mass is 9.88. The molecule has 4 rings (SSSR count). The van der Waals surface area contributed by atoms with Gasteiger partial charge in [0.05, 0.1) is 11.7 Å². The average Bonchev–Trinajstić information content (AvgIpc) is 2.91. The summed E-state index contributed by atoms with van der Waals surface area (Å²) in [6.07, 6.45) is 2.75. The molecule has 0 radical (unpaired) electrons. The molecule has 0 atom stereocenters. The number of nitrogens with two attached hydrogens (primary N) is 1. The number of aryl methyl sites for hydroxylation is 1. The number of fused-ring (bicyclic) bond motifs is 1. The highest BCUT2D eigenvalue weighted by Crippen LogP contribution is 2.30. The van der Waals surface area contributed by atoms with Crippen LogP contribution in [0.1, 0.15) is 38.6 Å². The number of imidazole rings is 1. The minimum absolute atomic E-state index is 0.0612. The maximum absolute atomic E-state index is 14.7. The normalized spacial score (nSPS) is 19.5. The van der Waals surface area contributed by atoms with Crippen molar-refractivity contribution < 1.29 is 8.78 Å². The third-order valence-corrected chi connectivity index (χ3v) is 4.97. The number of rotatable bonds is 4. The minimum atomic E-state index is -0.600. The van der Waals surface area contributed by atoms with Gasteiger partial charge in [0.1, 0.15) is 17.0 Å². The van der Waals surface area contributed by atoms with E-state index in [1.807, 2.05) is 25.3 Å². The van der Waals surface area contributed by atoms with Gasteiger partial charge in [0, 0.05) is 23.7 Å². The zero-order valence-electron chi connectivity index (χ0n) is 15.5. The van der Waals surface area contributed by atoms with Gasteiger partial charge in [-0.3, -0.25) is 0 Å². The molecule has 3 N–H and O–H groups in total. The molecule has 27 heavy (non-hydrogen) atoms. The average molecular weight is 372 g/mol. The van der Waals surface area contributed by atoms with Gasteiger partial charge in [-0.05, 0) is 45.7 Å². The molecule has 1 aliphatic carbocycles. The number of anilines is 1. The number of hydrogen-bond acceptors (Lipinski definition) is 5. The van der Waals surface area contributed by atoms with Crippen molar-refractivity contribution in [1.82, 2.24) is 19.5 Å². The van der Waals surface area contributed by atoms with Crippen LogP contribution >= 0.6 is 0 Å². The molecule has 1 fully saturated rings. The summed E-state index contributed by atoms with van der Waals surface area (Å²) in [4.78, 5) is 12.6. The van der Waals surface area contributed by atoms with Gasteiger partial charge in [-0.25, -0.2) is 23.7 Å².